The van der Waals surface area contributed by atoms with Crippen LogP contribution in [0.25, 0.3) is 0 Å². The van der Waals surface area contributed by atoms with Crippen LogP contribution >= 0.6 is 0 Å². The van der Waals surface area contributed by atoms with Crippen LogP contribution < -0.4 is 5.32 Å². The Bertz CT molecular complexity index is 571. The van der Waals surface area contributed by atoms with Crippen molar-refractivity contribution >= 4 is 10.0 Å². The first-order chi connectivity index (χ1) is 9.88. The van der Waals surface area contributed by atoms with Gasteiger partial charge >= 0.3 is 0 Å². The minimum atomic E-state index is -3.07. The zero-order valence-corrected chi connectivity index (χ0v) is 14.0. The largest absolute Gasteiger partial charge is 0.312 e. The first kappa shape index (κ1) is 16.5. The highest BCUT2D eigenvalue weighted by atomic mass is 32.2. The number of nitrogens with one attached hydrogen (secondary N) is 1. The van der Waals surface area contributed by atoms with Gasteiger partial charge in [0.1, 0.15) is 0 Å². The Morgan fingerprint density at radius 2 is 2.10 bits per heavy atom. The molecule has 0 saturated carbocycles. The zero-order chi connectivity index (χ0) is 15.5. The Hall–Kier alpha value is -0.910. The molecule has 0 bridgehead atoms. The number of benzene rings is 1. The lowest BCUT2D eigenvalue weighted by Crippen LogP contribution is -2.43. The molecule has 1 fully saturated rings. The van der Waals surface area contributed by atoms with Gasteiger partial charge in [0.2, 0.25) is 10.0 Å². The fourth-order valence-electron chi connectivity index (χ4n) is 3.03. The first-order valence-electron chi connectivity index (χ1n) is 7.62. The molecule has 1 aromatic carbocycles. The third-order valence-corrected chi connectivity index (χ3v) is 5.57. The van der Waals surface area contributed by atoms with E-state index >= 15 is 0 Å². The highest BCUT2D eigenvalue weighted by Gasteiger charge is 2.31. The third kappa shape index (κ3) is 4.53. The molecule has 0 spiro atoms. The quantitative estimate of drug-likeness (QED) is 0.873. The Morgan fingerprint density at radius 3 is 2.76 bits per heavy atom. The summed E-state index contributed by atoms with van der Waals surface area (Å²) in [6.07, 6.45) is 4.20. The monoisotopic (exact) mass is 310 g/mol. The molecule has 4 nitrogen and oxygen atoms in total. The Balaban J connectivity index is 1.87. The number of rotatable bonds is 6. The van der Waals surface area contributed by atoms with E-state index in [1.54, 1.807) is 4.31 Å². The summed E-state index contributed by atoms with van der Waals surface area (Å²) in [5.74, 6) is 0. The molecule has 21 heavy (non-hydrogen) atoms. The van der Waals surface area contributed by atoms with Gasteiger partial charge in [0.25, 0.3) is 0 Å². The van der Waals surface area contributed by atoms with Gasteiger partial charge in [-0.1, -0.05) is 24.3 Å². The molecule has 1 aromatic rings. The van der Waals surface area contributed by atoms with E-state index in [4.69, 9.17) is 0 Å². The van der Waals surface area contributed by atoms with Crippen LogP contribution in [0.1, 0.15) is 30.9 Å². The van der Waals surface area contributed by atoms with Crippen molar-refractivity contribution in [3.63, 3.8) is 0 Å². The SMILES string of the molecule is Cc1ccccc1CC(C)NC[C@H]1CCCN1S(C)(=O)=O. The number of nitrogens with zero attached hydrogens (tertiary/aromatic N) is 1. The normalized spacial score (nSPS) is 21.6. The summed E-state index contributed by atoms with van der Waals surface area (Å²) in [6, 6.07) is 8.86. The van der Waals surface area contributed by atoms with Gasteiger partial charge in [0, 0.05) is 25.2 Å². The van der Waals surface area contributed by atoms with Gasteiger partial charge in [-0.05, 0) is 44.2 Å². The molecule has 2 rings (SSSR count). The van der Waals surface area contributed by atoms with Crippen molar-refractivity contribution in [1.29, 1.82) is 0 Å². The summed E-state index contributed by atoms with van der Waals surface area (Å²) in [6.45, 7) is 5.69. The summed E-state index contributed by atoms with van der Waals surface area (Å²) >= 11 is 0. The average Bonchev–Trinajstić information content (AvgIpc) is 2.87. The molecular weight excluding hydrogens is 284 g/mol. The Morgan fingerprint density at radius 1 is 1.38 bits per heavy atom. The summed E-state index contributed by atoms with van der Waals surface area (Å²) in [5, 5.41) is 3.50. The van der Waals surface area contributed by atoms with Crippen molar-refractivity contribution in [2.45, 2.75) is 45.2 Å². The molecule has 1 aliphatic rings. The number of aryl methyl sites for hydroxylation is 1. The van der Waals surface area contributed by atoms with Gasteiger partial charge in [0.15, 0.2) is 0 Å². The molecule has 0 aliphatic carbocycles. The maximum atomic E-state index is 11.7. The predicted octanol–water partition coefficient (Wildman–Crippen LogP) is 1.94. The topological polar surface area (TPSA) is 49.4 Å². The van der Waals surface area contributed by atoms with Gasteiger partial charge in [-0.3, -0.25) is 0 Å². The van der Waals surface area contributed by atoms with E-state index in [0.717, 1.165) is 25.8 Å². The van der Waals surface area contributed by atoms with Crippen molar-refractivity contribution in [2.75, 3.05) is 19.3 Å². The first-order valence-corrected chi connectivity index (χ1v) is 9.47. The van der Waals surface area contributed by atoms with Crippen molar-refractivity contribution < 1.29 is 8.42 Å². The highest BCUT2D eigenvalue weighted by Crippen LogP contribution is 2.20. The van der Waals surface area contributed by atoms with Gasteiger partial charge in [-0.25, -0.2) is 8.42 Å². The molecular formula is C16H26N2O2S. The third-order valence-electron chi connectivity index (χ3n) is 4.24. The molecule has 1 unspecified atom stereocenters. The van der Waals surface area contributed by atoms with E-state index in [-0.39, 0.29) is 6.04 Å². The van der Waals surface area contributed by atoms with E-state index in [1.807, 2.05) is 0 Å². The lowest BCUT2D eigenvalue weighted by molar-refractivity contribution is 0.361. The van der Waals surface area contributed by atoms with Gasteiger partial charge < -0.3 is 5.32 Å². The summed E-state index contributed by atoms with van der Waals surface area (Å²) in [4.78, 5) is 0. The van der Waals surface area contributed by atoms with E-state index in [9.17, 15) is 8.42 Å². The second kappa shape index (κ2) is 6.90. The van der Waals surface area contributed by atoms with Gasteiger partial charge in [-0.15, -0.1) is 0 Å². The summed E-state index contributed by atoms with van der Waals surface area (Å²) in [7, 11) is -3.07. The molecule has 0 amide bonds. The standard InChI is InChI=1S/C16H26N2O2S/c1-13-7-4-5-8-15(13)11-14(2)17-12-16-9-6-10-18(16)21(3,19)20/h4-5,7-8,14,16-17H,6,9-12H2,1-3H3/t14?,16-/m1/s1. The highest BCUT2D eigenvalue weighted by molar-refractivity contribution is 7.88. The molecule has 0 aromatic heterocycles. The molecule has 1 heterocycles. The molecule has 0 radical (unpaired) electrons. The van der Waals surface area contributed by atoms with E-state index in [0.29, 0.717) is 12.6 Å². The minimum absolute atomic E-state index is 0.110. The Kier molecular flexibility index (Phi) is 5.41. The van der Waals surface area contributed by atoms with Gasteiger partial charge in [-0.2, -0.15) is 4.31 Å². The predicted molar refractivity (Wildman–Crippen MR) is 86.9 cm³/mol. The van der Waals surface area contributed by atoms with Crippen molar-refractivity contribution in [3.8, 4) is 0 Å². The van der Waals surface area contributed by atoms with Crippen LogP contribution in [-0.4, -0.2) is 44.2 Å². The fraction of sp³-hybridized carbons (Fsp3) is 0.625. The van der Waals surface area contributed by atoms with E-state index in [2.05, 4.69) is 43.4 Å². The average molecular weight is 310 g/mol. The van der Waals surface area contributed by atoms with Crippen LogP contribution in [0.2, 0.25) is 0 Å². The summed E-state index contributed by atoms with van der Waals surface area (Å²) < 4.78 is 25.1. The molecule has 118 valence electrons. The second-order valence-electron chi connectivity index (χ2n) is 6.11. The molecule has 1 N–H and O–H groups in total. The van der Waals surface area contributed by atoms with Crippen LogP contribution in [-0.2, 0) is 16.4 Å². The minimum Gasteiger partial charge on any atom is -0.312 e. The van der Waals surface area contributed by atoms with Crippen LogP contribution in [0.5, 0.6) is 0 Å². The molecule has 5 heteroatoms. The number of hydrogen-bond donors (Lipinski definition) is 1. The van der Waals surface area contributed by atoms with E-state index in [1.165, 1.54) is 17.4 Å². The number of sulfonamides is 1. The smallest absolute Gasteiger partial charge is 0.211 e. The second-order valence-corrected chi connectivity index (χ2v) is 8.04. The van der Waals surface area contributed by atoms with Gasteiger partial charge in [0.05, 0.1) is 6.26 Å². The zero-order valence-electron chi connectivity index (χ0n) is 13.2. The molecule has 1 saturated heterocycles. The van der Waals surface area contributed by atoms with Crippen molar-refractivity contribution in [3.05, 3.63) is 35.4 Å². The number of hydrogen-bond acceptors (Lipinski definition) is 3. The maximum absolute atomic E-state index is 11.7. The molecule has 1 aliphatic heterocycles. The lowest BCUT2D eigenvalue weighted by Gasteiger charge is -2.24. The van der Waals surface area contributed by atoms with Crippen molar-refractivity contribution in [2.24, 2.45) is 0 Å². The lowest BCUT2D eigenvalue weighted by atomic mass is 10.0. The van der Waals surface area contributed by atoms with Crippen LogP contribution in [0.4, 0.5) is 0 Å². The fourth-order valence-corrected chi connectivity index (χ4v) is 4.21. The van der Waals surface area contributed by atoms with Crippen LogP contribution in [0, 0.1) is 6.92 Å². The van der Waals surface area contributed by atoms with Crippen LogP contribution in [0.15, 0.2) is 24.3 Å². The summed E-state index contributed by atoms with van der Waals surface area (Å²) in [5.41, 5.74) is 2.66. The van der Waals surface area contributed by atoms with E-state index < -0.39 is 10.0 Å². The Labute approximate surface area is 128 Å². The maximum Gasteiger partial charge on any atom is 0.211 e. The molecule has 2 atom stereocenters. The van der Waals surface area contributed by atoms with Crippen molar-refractivity contribution in [1.82, 2.24) is 9.62 Å². The van der Waals surface area contributed by atoms with Crippen LogP contribution in [0.3, 0.4) is 0 Å².